The highest BCUT2D eigenvalue weighted by molar-refractivity contribution is 5.61. The molecule has 4 heterocycles. The average Bonchev–Trinajstić information content (AvgIpc) is 3.28. The zero-order chi connectivity index (χ0) is 23.3. The van der Waals surface area contributed by atoms with Gasteiger partial charge in [-0.3, -0.25) is 0 Å². The van der Waals surface area contributed by atoms with Gasteiger partial charge in [-0.1, -0.05) is 26.8 Å². The summed E-state index contributed by atoms with van der Waals surface area (Å²) in [5.41, 5.74) is 3.11. The number of nitrogens with one attached hydrogen (secondary N) is 1. The number of pyridine rings is 1. The van der Waals surface area contributed by atoms with Crippen LogP contribution in [0.4, 0.5) is 11.6 Å². The van der Waals surface area contributed by atoms with Crippen molar-refractivity contribution in [2.24, 2.45) is 5.90 Å². The highest BCUT2D eigenvalue weighted by atomic mass is 16.6. The van der Waals surface area contributed by atoms with E-state index in [1.54, 1.807) is 19.2 Å². The zero-order valence-corrected chi connectivity index (χ0v) is 19.7. The van der Waals surface area contributed by atoms with Gasteiger partial charge in [-0.25, -0.2) is 9.97 Å². The number of fused-ring (bicyclic) bond motifs is 1. The summed E-state index contributed by atoms with van der Waals surface area (Å²) in [4.78, 5) is 16.1. The Hall–Kier alpha value is -2.91. The monoisotopic (exact) mass is 443 g/mol. The number of nitrogens with two attached hydrogens (primary N) is 1. The molecule has 0 saturated carbocycles. The van der Waals surface area contributed by atoms with Gasteiger partial charge in [-0.05, 0) is 38.2 Å². The summed E-state index contributed by atoms with van der Waals surface area (Å²) in [7, 11) is 0. The zero-order valence-electron chi connectivity index (χ0n) is 19.7. The number of aliphatic hydroxyl groups is 1. The number of hydrogen-bond donors (Lipinski definition) is 3. The highest BCUT2D eigenvalue weighted by Gasteiger charge is 2.17. The van der Waals surface area contributed by atoms with Crippen molar-refractivity contribution < 1.29 is 9.94 Å². The van der Waals surface area contributed by atoms with Gasteiger partial charge < -0.3 is 20.2 Å². The van der Waals surface area contributed by atoms with Gasteiger partial charge >= 0.3 is 0 Å². The van der Waals surface area contributed by atoms with Crippen molar-refractivity contribution in [3.63, 3.8) is 0 Å². The van der Waals surface area contributed by atoms with E-state index in [1.807, 2.05) is 30.6 Å². The van der Waals surface area contributed by atoms with Crippen LogP contribution in [-0.4, -0.2) is 44.4 Å². The van der Waals surface area contributed by atoms with E-state index in [2.05, 4.69) is 38.1 Å². The van der Waals surface area contributed by atoms with Gasteiger partial charge in [0.2, 0.25) is 5.88 Å². The maximum absolute atomic E-state index is 7.57. The van der Waals surface area contributed by atoms with E-state index < -0.39 is 0 Å². The molecule has 9 nitrogen and oxygen atoms in total. The minimum atomic E-state index is 0.250. The molecule has 0 aromatic carbocycles. The molecule has 32 heavy (non-hydrogen) atoms. The lowest BCUT2D eigenvalue weighted by Gasteiger charge is -2.28. The molecule has 3 aromatic rings. The normalized spacial score (nSPS) is 13.0. The van der Waals surface area contributed by atoms with Crippen LogP contribution in [0, 0.1) is 0 Å². The molecule has 9 heteroatoms. The number of aryl methyl sites for hydroxylation is 1. The van der Waals surface area contributed by atoms with Crippen LogP contribution in [0.25, 0.3) is 5.65 Å². The van der Waals surface area contributed by atoms with Crippen LogP contribution >= 0.6 is 0 Å². The smallest absolute Gasteiger partial charge is 0.237 e. The summed E-state index contributed by atoms with van der Waals surface area (Å²) in [5.74, 6) is 7.48. The highest BCUT2D eigenvalue weighted by Crippen LogP contribution is 2.25. The average molecular weight is 444 g/mol. The Morgan fingerprint density at radius 2 is 1.84 bits per heavy atom. The van der Waals surface area contributed by atoms with Crippen molar-refractivity contribution in [1.82, 2.24) is 19.6 Å². The molecule has 176 valence electrons. The van der Waals surface area contributed by atoms with Crippen molar-refractivity contribution in [2.45, 2.75) is 59.9 Å². The Morgan fingerprint density at radius 3 is 2.44 bits per heavy atom. The summed E-state index contributed by atoms with van der Waals surface area (Å²) < 4.78 is 1.89. The Balaban J connectivity index is 0.000000671. The van der Waals surface area contributed by atoms with E-state index >= 15 is 0 Å². The number of aliphatic hydroxyl groups excluding tert-OH is 1. The number of piperidine rings is 1. The Kier molecular flexibility index (Phi) is 10.7. The molecule has 0 aliphatic carbocycles. The number of hydrogen-bond acceptors (Lipinski definition) is 8. The lowest BCUT2D eigenvalue weighted by Crippen LogP contribution is -2.30. The molecular formula is C23H37N7O2. The van der Waals surface area contributed by atoms with Crippen LogP contribution in [-0.2, 0) is 13.0 Å². The van der Waals surface area contributed by atoms with Crippen LogP contribution in [0.3, 0.4) is 0 Å². The first-order chi connectivity index (χ1) is 15.7. The lowest BCUT2D eigenvalue weighted by atomic mass is 10.1. The third-order valence-corrected chi connectivity index (χ3v) is 4.98. The molecule has 3 aromatic heterocycles. The fraction of sp³-hybridized carbons (Fsp3) is 0.522. The van der Waals surface area contributed by atoms with E-state index in [4.69, 9.17) is 16.0 Å². The van der Waals surface area contributed by atoms with Gasteiger partial charge in [0.25, 0.3) is 0 Å². The SMILES string of the molecule is CC.CCO.CCc1cnn2c(NCc3ccc(ON)nc3)cc(N3CCCCC3)nc12. The van der Waals surface area contributed by atoms with E-state index in [9.17, 15) is 0 Å². The quantitative estimate of drug-likeness (QED) is 0.496. The predicted octanol–water partition coefficient (Wildman–Crippen LogP) is 3.57. The van der Waals surface area contributed by atoms with Gasteiger partial charge in [0.05, 0.1) is 6.20 Å². The van der Waals surface area contributed by atoms with E-state index in [0.717, 1.165) is 47.9 Å². The van der Waals surface area contributed by atoms with Gasteiger partial charge in [0, 0.05) is 50.1 Å². The summed E-state index contributed by atoms with van der Waals surface area (Å²) in [5, 5.41) is 15.6. The van der Waals surface area contributed by atoms with Crippen LogP contribution in [0.2, 0.25) is 0 Å². The van der Waals surface area contributed by atoms with E-state index in [0.29, 0.717) is 12.4 Å². The Bertz CT molecular complexity index is 922. The lowest BCUT2D eigenvalue weighted by molar-refractivity contribution is 0.318. The second-order valence-corrected chi connectivity index (χ2v) is 7.10. The van der Waals surface area contributed by atoms with Crippen LogP contribution < -0.4 is 21.0 Å². The summed E-state index contributed by atoms with van der Waals surface area (Å²) >= 11 is 0. The summed E-state index contributed by atoms with van der Waals surface area (Å²) in [6.07, 6.45) is 8.30. The van der Waals surface area contributed by atoms with Gasteiger partial charge in [-0.2, -0.15) is 15.5 Å². The fourth-order valence-electron chi connectivity index (χ4n) is 3.43. The number of nitrogens with zero attached hydrogens (tertiary/aromatic N) is 5. The first kappa shape index (κ1) is 25.4. The van der Waals surface area contributed by atoms with Crippen LogP contribution in [0.1, 0.15) is 58.1 Å². The fourth-order valence-corrected chi connectivity index (χ4v) is 3.43. The molecule has 1 fully saturated rings. The molecule has 0 radical (unpaired) electrons. The van der Waals surface area contributed by atoms with Crippen molar-refractivity contribution in [3.8, 4) is 5.88 Å². The molecule has 1 aliphatic heterocycles. The molecule has 1 saturated heterocycles. The molecule has 1 aliphatic rings. The van der Waals surface area contributed by atoms with Gasteiger partial charge in [-0.15, -0.1) is 0 Å². The maximum Gasteiger partial charge on any atom is 0.237 e. The van der Waals surface area contributed by atoms with Crippen LogP contribution in [0.5, 0.6) is 5.88 Å². The number of anilines is 2. The molecule has 4 N–H and O–H groups in total. The van der Waals surface area contributed by atoms with E-state index in [1.165, 1.54) is 19.3 Å². The largest absolute Gasteiger partial charge is 0.397 e. The maximum atomic E-state index is 7.57. The molecular weight excluding hydrogens is 406 g/mol. The van der Waals surface area contributed by atoms with Crippen molar-refractivity contribution in [1.29, 1.82) is 0 Å². The minimum Gasteiger partial charge on any atom is -0.397 e. The first-order valence-corrected chi connectivity index (χ1v) is 11.5. The van der Waals surface area contributed by atoms with Gasteiger partial charge in [0.15, 0.2) is 5.65 Å². The second kappa shape index (κ2) is 13.5. The molecule has 4 rings (SSSR count). The standard InChI is InChI=1S/C19H25N7O.C2H6O.C2H6/c1-2-15-13-23-26-16(21-11-14-6-7-18(27-20)22-12-14)10-17(24-19(15)26)25-8-4-3-5-9-25;1-2-3;1-2/h6-7,10,12-13,21H,2-5,8-9,11,20H2,1H3;3H,2H2,1H3;1-2H3. The van der Waals surface area contributed by atoms with E-state index in [-0.39, 0.29) is 6.61 Å². The van der Waals surface area contributed by atoms with Crippen molar-refractivity contribution in [2.75, 3.05) is 29.9 Å². The van der Waals surface area contributed by atoms with Crippen molar-refractivity contribution in [3.05, 3.63) is 41.7 Å². The minimum absolute atomic E-state index is 0.250. The van der Waals surface area contributed by atoms with Crippen LogP contribution in [0.15, 0.2) is 30.6 Å². The number of rotatable bonds is 6. The van der Waals surface area contributed by atoms with Gasteiger partial charge in [0.1, 0.15) is 11.6 Å². The molecule has 0 atom stereocenters. The summed E-state index contributed by atoms with van der Waals surface area (Å²) in [6.45, 7) is 10.8. The van der Waals surface area contributed by atoms with Crippen molar-refractivity contribution >= 4 is 17.3 Å². The molecule has 0 bridgehead atoms. The Labute approximate surface area is 190 Å². The summed E-state index contributed by atoms with van der Waals surface area (Å²) in [6, 6.07) is 5.78. The first-order valence-electron chi connectivity index (χ1n) is 11.5. The topological polar surface area (TPSA) is 114 Å². The third kappa shape index (κ3) is 6.54. The Morgan fingerprint density at radius 1 is 1.12 bits per heavy atom. The number of aromatic nitrogens is 4. The third-order valence-electron chi connectivity index (χ3n) is 4.98. The molecule has 0 spiro atoms. The molecule has 0 unspecified atom stereocenters. The second-order valence-electron chi connectivity index (χ2n) is 7.10. The predicted molar refractivity (Wildman–Crippen MR) is 129 cm³/mol. The molecule has 0 amide bonds.